The fourth-order valence-corrected chi connectivity index (χ4v) is 2.83. The number of aromatic nitrogens is 3. The van der Waals surface area contributed by atoms with Crippen LogP contribution in [0.4, 0.5) is 10.6 Å². The van der Waals surface area contributed by atoms with Crippen molar-refractivity contribution in [2.75, 3.05) is 5.32 Å². The van der Waals surface area contributed by atoms with E-state index in [0.29, 0.717) is 12.4 Å². The lowest BCUT2D eigenvalue weighted by Crippen LogP contribution is -2.31. The maximum atomic E-state index is 12.2. The lowest BCUT2D eigenvalue weighted by atomic mass is 10.0. The lowest BCUT2D eigenvalue weighted by molar-refractivity contribution is 0.249. The molecule has 0 aliphatic heterocycles. The van der Waals surface area contributed by atoms with Crippen LogP contribution in [-0.4, -0.2) is 20.8 Å². The number of rotatable bonds is 6. The van der Waals surface area contributed by atoms with Crippen LogP contribution >= 0.6 is 0 Å². The maximum Gasteiger partial charge on any atom is 0.320 e. The Hall–Kier alpha value is -3.15. The predicted molar refractivity (Wildman–Crippen MR) is 102 cm³/mol. The second kappa shape index (κ2) is 8.29. The highest BCUT2D eigenvalue weighted by atomic mass is 16.2. The Morgan fingerprint density at radius 1 is 1.15 bits per heavy atom. The summed E-state index contributed by atoms with van der Waals surface area (Å²) in [7, 11) is 0. The molecule has 0 bridgehead atoms. The normalized spacial score (nSPS) is 11.8. The van der Waals surface area contributed by atoms with E-state index in [2.05, 4.69) is 20.7 Å². The van der Waals surface area contributed by atoms with Gasteiger partial charge in [0.05, 0.1) is 6.04 Å². The Morgan fingerprint density at radius 2 is 1.96 bits per heavy atom. The van der Waals surface area contributed by atoms with Crippen LogP contribution in [0.25, 0.3) is 0 Å². The minimum Gasteiger partial charge on any atom is -0.331 e. The van der Waals surface area contributed by atoms with Gasteiger partial charge >= 0.3 is 6.03 Å². The Bertz CT molecular complexity index is 859. The molecule has 2 N–H and O–H groups in total. The number of hydrogen-bond acceptors (Lipinski definition) is 3. The number of hydrogen-bond donors (Lipinski definition) is 2. The Morgan fingerprint density at radius 3 is 2.73 bits per heavy atom. The zero-order valence-electron chi connectivity index (χ0n) is 15.0. The number of aryl methyl sites for hydroxylation is 3. The van der Waals surface area contributed by atoms with Crippen molar-refractivity contribution in [3.8, 4) is 0 Å². The van der Waals surface area contributed by atoms with Crippen LogP contribution in [0.1, 0.15) is 29.8 Å². The van der Waals surface area contributed by atoms with E-state index in [9.17, 15) is 4.79 Å². The van der Waals surface area contributed by atoms with Crippen LogP contribution in [0.2, 0.25) is 0 Å². The van der Waals surface area contributed by atoms with E-state index in [4.69, 9.17) is 0 Å². The third kappa shape index (κ3) is 4.69. The first kappa shape index (κ1) is 17.7. The maximum absolute atomic E-state index is 12.2. The fourth-order valence-electron chi connectivity index (χ4n) is 2.83. The molecule has 26 heavy (non-hydrogen) atoms. The van der Waals surface area contributed by atoms with Gasteiger partial charge in [0.2, 0.25) is 0 Å². The highest BCUT2D eigenvalue weighted by Crippen LogP contribution is 2.16. The molecule has 1 unspecified atom stereocenters. The molecule has 2 heterocycles. The fraction of sp³-hybridized carbons (Fsp3) is 0.250. The first-order chi connectivity index (χ1) is 12.6. The number of pyridine rings is 1. The molecule has 0 fully saturated rings. The van der Waals surface area contributed by atoms with Gasteiger partial charge in [0.25, 0.3) is 0 Å². The topological polar surface area (TPSA) is 71.8 Å². The zero-order valence-corrected chi connectivity index (χ0v) is 15.0. The van der Waals surface area contributed by atoms with E-state index in [0.717, 1.165) is 23.2 Å². The monoisotopic (exact) mass is 349 g/mol. The number of urea groups is 1. The summed E-state index contributed by atoms with van der Waals surface area (Å²) in [6, 6.07) is 15.3. The highest BCUT2D eigenvalue weighted by molar-refractivity contribution is 5.88. The zero-order chi connectivity index (χ0) is 18.4. The van der Waals surface area contributed by atoms with Gasteiger partial charge in [0, 0.05) is 37.1 Å². The third-order valence-corrected chi connectivity index (χ3v) is 4.21. The average Bonchev–Trinajstić information content (AvgIpc) is 3.08. The molecule has 3 aromatic rings. The van der Waals surface area contributed by atoms with E-state index in [1.807, 2.05) is 62.5 Å². The van der Waals surface area contributed by atoms with E-state index < -0.39 is 0 Å². The number of nitrogens with zero attached hydrogens (tertiary/aromatic N) is 3. The summed E-state index contributed by atoms with van der Waals surface area (Å²) < 4.78 is 1.80. The quantitative estimate of drug-likeness (QED) is 0.712. The van der Waals surface area contributed by atoms with E-state index >= 15 is 0 Å². The standard InChI is InChI=1S/C20H23N5O/c1-15-7-3-4-9-18(15)16(2)22-20(26)23-19-11-14-25(24-19)13-10-17-8-5-6-12-21-17/h3-9,11-12,14,16H,10,13H2,1-2H3,(H2,22,23,24,26). The molecule has 2 amide bonds. The van der Waals surface area contributed by atoms with Gasteiger partial charge in [-0.05, 0) is 37.1 Å². The van der Waals surface area contributed by atoms with Gasteiger partial charge in [-0.3, -0.25) is 15.0 Å². The van der Waals surface area contributed by atoms with E-state index in [1.54, 1.807) is 16.9 Å². The Kier molecular flexibility index (Phi) is 5.63. The highest BCUT2D eigenvalue weighted by Gasteiger charge is 2.12. The largest absolute Gasteiger partial charge is 0.331 e. The van der Waals surface area contributed by atoms with E-state index in [-0.39, 0.29) is 12.1 Å². The number of amides is 2. The van der Waals surface area contributed by atoms with Crippen molar-refractivity contribution in [2.45, 2.75) is 32.9 Å². The second-order valence-corrected chi connectivity index (χ2v) is 6.21. The molecule has 0 saturated carbocycles. The lowest BCUT2D eigenvalue weighted by Gasteiger charge is -2.16. The van der Waals surface area contributed by atoms with Gasteiger partial charge in [-0.1, -0.05) is 30.3 Å². The first-order valence-electron chi connectivity index (χ1n) is 8.68. The van der Waals surface area contributed by atoms with Gasteiger partial charge < -0.3 is 5.32 Å². The van der Waals surface area contributed by atoms with Gasteiger partial charge in [-0.25, -0.2) is 4.79 Å². The molecule has 1 aromatic carbocycles. The van der Waals surface area contributed by atoms with Crippen LogP contribution < -0.4 is 10.6 Å². The summed E-state index contributed by atoms with van der Waals surface area (Å²) in [6.07, 6.45) is 4.42. The third-order valence-electron chi connectivity index (χ3n) is 4.21. The van der Waals surface area contributed by atoms with Gasteiger partial charge in [-0.15, -0.1) is 0 Å². The van der Waals surface area contributed by atoms with Gasteiger partial charge in [-0.2, -0.15) is 5.10 Å². The molecular formula is C20H23N5O. The number of carbonyl (C=O) groups is 1. The molecule has 0 radical (unpaired) electrons. The molecule has 3 rings (SSSR count). The number of anilines is 1. The number of benzene rings is 1. The van der Waals surface area contributed by atoms with Gasteiger partial charge in [0.15, 0.2) is 5.82 Å². The van der Waals surface area contributed by atoms with Crippen LogP contribution in [0.15, 0.2) is 60.9 Å². The summed E-state index contributed by atoms with van der Waals surface area (Å²) in [5.74, 6) is 0.528. The van der Waals surface area contributed by atoms with Crippen molar-refractivity contribution in [3.05, 3.63) is 77.7 Å². The molecule has 134 valence electrons. The Labute approximate surface area is 153 Å². The molecule has 6 nitrogen and oxygen atoms in total. The minimum absolute atomic E-state index is 0.0811. The summed E-state index contributed by atoms with van der Waals surface area (Å²) in [5, 5.41) is 10.1. The van der Waals surface area contributed by atoms with Crippen LogP contribution in [0.5, 0.6) is 0 Å². The molecule has 0 spiro atoms. The predicted octanol–water partition coefficient (Wildman–Crippen LogP) is 3.71. The van der Waals surface area contributed by atoms with Crippen LogP contribution in [0.3, 0.4) is 0 Å². The molecule has 6 heteroatoms. The Balaban J connectivity index is 1.52. The minimum atomic E-state index is -0.268. The molecule has 0 saturated heterocycles. The summed E-state index contributed by atoms with van der Waals surface area (Å²) in [5.41, 5.74) is 3.27. The van der Waals surface area contributed by atoms with Crippen LogP contribution in [-0.2, 0) is 13.0 Å². The van der Waals surface area contributed by atoms with E-state index in [1.165, 1.54) is 0 Å². The average molecular weight is 349 g/mol. The summed E-state index contributed by atoms with van der Waals surface area (Å²) >= 11 is 0. The van der Waals surface area contributed by atoms with Crippen LogP contribution in [0, 0.1) is 6.92 Å². The van der Waals surface area contributed by atoms with Crippen molar-refractivity contribution < 1.29 is 4.79 Å². The molecule has 0 aliphatic rings. The molecule has 0 aliphatic carbocycles. The molecule has 1 atom stereocenters. The van der Waals surface area contributed by atoms with Crippen molar-refractivity contribution in [2.24, 2.45) is 0 Å². The summed E-state index contributed by atoms with van der Waals surface area (Å²) in [4.78, 5) is 16.5. The first-order valence-corrected chi connectivity index (χ1v) is 8.68. The summed E-state index contributed by atoms with van der Waals surface area (Å²) in [6.45, 7) is 4.71. The van der Waals surface area contributed by atoms with Crippen molar-refractivity contribution in [1.82, 2.24) is 20.1 Å². The second-order valence-electron chi connectivity index (χ2n) is 6.21. The molecular weight excluding hydrogens is 326 g/mol. The smallest absolute Gasteiger partial charge is 0.320 e. The van der Waals surface area contributed by atoms with Gasteiger partial charge in [0.1, 0.15) is 0 Å². The molecule has 2 aromatic heterocycles. The van der Waals surface area contributed by atoms with Crippen molar-refractivity contribution >= 4 is 11.8 Å². The number of carbonyl (C=O) groups excluding carboxylic acids is 1. The van der Waals surface area contributed by atoms with Crippen molar-refractivity contribution in [1.29, 1.82) is 0 Å². The number of nitrogens with one attached hydrogen (secondary N) is 2. The van der Waals surface area contributed by atoms with Crippen molar-refractivity contribution in [3.63, 3.8) is 0 Å². The SMILES string of the molecule is Cc1ccccc1C(C)NC(=O)Nc1ccn(CCc2ccccn2)n1.